The van der Waals surface area contributed by atoms with Crippen LogP contribution < -0.4 is 9.64 Å². The minimum Gasteiger partial charge on any atom is -0.482 e. The van der Waals surface area contributed by atoms with Crippen molar-refractivity contribution in [3.05, 3.63) is 23.8 Å². The first-order valence-electron chi connectivity index (χ1n) is 9.72. The summed E-state index contributed by atoms with van der Waals surface area (Å²) in [7, 11) is 0. The van der Waals surface area contributed by atoms with E-state index >= 15 is 0 Å². The molecule has 2 aliphatic rings. The van der Waals surface area contributed by atoms with E-state index in [2.05, 4.69) is 20.8 Å². The zero-order chi connectivity index (χ0) is 19.8. The average Bonchev–Trinajstić information content (AvgIpc) is 2.62. The van der Waals surface area contributed by atoms with E-state index in [1.807, 2.05) is 32.0 Å². The molecule has 2 aliphatic heterocycles. The maximum atomic E-state index is 12.9. The molecule has 0 N–H and O–H groups in total. The highest BCUT2D eigenvalue weighted by Crippen LogP contribution is 2.37. The second kappa shape index (κ2) is 7.50. The summed E-state index contributed by atoms with van der Waals surface area (Å²) in [6, 6.07) is 5.95. The predicted octanol–water partition coefficient (Wildman–Crippen LogP) is 2.74. The summed E-state index contributed by atoms with van der Waals surface area (Å²) in [6.45, 7) is 11.5. The Morgan fingerprint density at radius 3 is 2.52 bits per heavy atom. The molecule has 0 radical (unpaired) electrons. The summed E-state index contributed by atoms with van der Waals surface area (Å²) >= 11 is 0. The fourth-order valence-electron chi connectivity index (χ4n) is 3.62. The van der Waals surface area contributed by atoms with Crippen LogP contribution in [0.25, 0.3) is 0 Å². The summed E-state index contributed by atoms with van der Waals surface area (Å²) in [5.74, 6) is 0.414. The Labute approximate surface area is 161 Å². The van der Waals surface area contributed by atoms with Gasteiger partial charge < -0.3 is 14.4 Å². The second-order valence-corrected chi connectivity index (χ2v) is 8.24. The molecule has 3 rings (SSSR count). The van der Waals surface area contributed by atoms with Gasteiger partial charge >= 0.3 is 0 Å². The topological polar surface area (TPSA) is 59.1 Å². The molecule has 0 aromatic heterocycles. The van der Waals surface area contributed by atoms with E-state index in [4.69, 9.17) is 9.47 Å². The van der Waals surface area contributed by atoms with Crippen molar-refractivity contribution in [2.24, 2.45) is 0 Å². The van der Waals surface area contributed by atoms with Crippen LogP contribution in [0.4, 0.5) is 5.69 Å². The number of hydrogen-bond acceptors (Lipinski definition) is 4. The molecule has 1 aromatic carbocycles. The van der Waals surface area contributed by atoms with Gasteiger partial charge in [0.25, 0.3) is 5.91 Å². The molecule has 2 atom stereocenters. The number of nitrogens with zero attached hydrogens (tertiary/aromatic N) is 2. The average molecular weight is 374 g/mol. The molecule has 0 spiro atoms. The van der Waals surface area contributed by atoms with Crippen LogP contribution in [0.3, 0.4) is 0 Å². The van der Waals surface area contributed by atoms with Crippen molar-refractivity contribution in [3.8, 4) is 5.75 Å². The number of amides is 2. The normalized spacial score (nSPS) is 23.1. The molecule has 0 bridgehead atoms. The number of anilines is 1. The number of rotatable bonds is 4. The van der Waals surface area contributed by atoms with E-state index in [9.17, 15) is 9.59 Å². The molecule has 0 aliphatic carbocycles. The molecule has 6 heteroatoms. The minimum atomic E-state index is -0.184. The Morgan fingerprint density at radius 2 is 1.89 bits per heavy atom. The van der Waals surface area contributed by atoms with E-state index in [0.29, 0.717) is 24.5 Å². The van der Waals surface area contributed by atoms with Gasteiger partial charge in [0.1, 0.15) is 12.3 Å². The number of ether oxygens (including phenoxy) is 2. The summed E-state index contributed by atoms with van der Waals surface area (Å²) in [5.41, 5.74) is 1.81. The van der Waals surface area contributed by atoms with Gasteiger partial charge in [-0.05, 0) is 43.4 Å². The molecule has 27 heavy (non-hydrogen) atoms. The van der Waals surface area contributed by atoms with Crippen LogP contribution >= 0.6 is 0 Å². The first-order valence-corrected chi connectivity index (χ1v) is 9.72. The highest BCUT2D eigenvalue weighted by atomic mass is 16.5. The molecule has 2 unspecified atom stereocenters. The van der Waals surface area contributed by atoms with Gasteiger partial charge in [0, 0.05) is 13.1 Å². The van der Waals surface area contributed by atoms with Crippen LogP contribution in [-0.2, 0) is 19.7 Å². The molecule has 1 fully saturated rings. The van der Waals surface area contributed by atoms with Crippen molar-refractivity contribution in [2.45, 2.75) is 58.7 Å². The molecule has 1 saturated heterocycles. The summed E-state index contributed by atoms with van der Waals surface area (Å²) in [6.07, 6.45) is 0.980. The van der Waals surface area contributed by atoms with Crippen molar-refractivity contribution < 1.29 is 19.1 Å². The number of morpholine rings is 1. The van der Waals surface area contributed by atoms with Gasteiger partial charge in [-0.1, -0.05) is 26.8 Å². The number of fused-ring (bicyclic) bond motifs is 1. The number of carbonyl (C=O) groups excluding carboxylic acids is 2. The third-order valence-electron chi connectivity index (χ3n) is 5.63. The fourth-order valence-corrected chi connectivity index (χ4v) is 3.62. The largest absolute Gasteiger partial charge is 0.482 e. The van der Waals surface area contributed by atoms with Gasteiger partial charge in [0.2, 0.25) is 5.91 Å². The lowest BCUT2D eigenvalue weighted by Gasteiger charge is -2.37. The molecular formula is C21H30N2O4. The minimum absolute atomic E-state index is 0.00216. The SMILES string of the molecule is CCC(C)(C)c1ccc2c(c1)N(CC(=O)N1CC(C)OC(C)C1)C(=O)CO2. The number of carbonyl (C=O) groups is 2. The lowest BCUT2D eigenvalue weighted by molar-refractivity contribution is -0.142. The monoisotopic (exact) mass is 374 g/mol. The lowest BCUT2D eigenvalue weighted by Crippen LogP contribution is -2.52. The quantitative estimate of drug-likeness (QED) is 0.813. The van der Waals surface area contributed by atoms with Crippen molar-refractivity contribution in [3.63, 3.8) is 0 Å². The van der Waals surface area contributed by atoms with Gasteiger partial charge in [0.05, 0.1) is 17.9 Å². The van der Waals surface area contributed by atoms with Crippen LogP contribution in [-0.4, -0.2) is 55.2 Å². The Bertz CT molecular complexity index is 721. The highest BCUT2D eigenvalue weighted by molar-refractivity contribution is 6.02. The summed E-state index contributed by atoms with van der Waals surface area (Å²) < 4.78 is 11.3. The van der Waals surface area contributed by atoms with E-state index in [1.165, 1.54) is 0 Å². The highest BCUT2D eigenvalue weighted by Gasteiger charge is 2.32. The van der Waals surface area contributed by atoms with Crippen molar-refractivity contribution >= 4 is 17.5 Å². The third-order valence-corrected chi connectivity index (χ3v) is 5.63. The summed E-state index contributed by atoms with van der Waals surface area (Å²) in [4.78, 5) is 28.8. The Balaban J connectivity index is 1.85. The zero-order valence-corrected chi connectivity index (χ0v) is 16.9. The van der Waals surface area contributed by atoms with Gasteiger partial charge in [0.15, 0.2) is 6.61 Å². The number of benzene rings is 1. The zero-order valence-electron chi connectivity index (χ0n) is 16.9. The molecular weight excluding hydrogens is 344 g/mol. The van der Waals surface area contributed by atoms with Gasteiger partial charge in [-0.3, -0.25) is 14.5 Å². The van der Waals surface area contributed by atoms with Gasteiger partial charge in [-0.25, -0.2) is 0 Å². The smallest absolute Gasteiger partial charge is 0.265 e. The first kappa shape index (κ1) is 19.7. The molecule has 148 valence electrons. The Kier molecular flexibility index (Phi) is 5.47. The molecule has 1 aromatic rings. The van der Waals surface area contributed by atoms with E-state index in [1.54, 1.807) is 9.80 Å². The Morgan fingerprint density at radius 1 is 1.22 bits per heavy atom. The van der Waals surface area contributed by atoms with E-state index < -0.39 is 0 Å². The van der Waals surface area contributed by atoms with Crippen molar-refractivity contribution in [2.75, 3.05) is 31.1 Å². The lowest BCUT2D eigenvalue weighted by atomic mass is 9.82. The Hall–Kier alpha value is -2.08. The maximum absolute atomic E-state index is 12.9. The fraction of sp³-hybridized carbons (Fsp3) is 0.619. The van der Waals surface area contributed by atoms with Crippen molar-refractivity contribution in [1.29, 1.82) is 0 Å². The van der Waals surface area contributed by atoms with Crippen LogP contribution in [0.5, 0.6) is 5.75 Å². The van der Waals surface area contributed by atoms with Gasteiger partial charge in [-0.15, -0.1) is 0 Å². The van der Waals surface area contributed by atoms with E-state index in [-0.39, 0.29) is 42.6 Å². The van der Waals surface area contributed by atoms with Crippen LogP contribution in [0.1, 0.15) is 46.6 Å². The molecule has 2 amide bonds. The maximum Gasteiger partial charge on any atom is 0.265 e. The first-order chi connectivity index (χ1) is 12.7. The standard InChI is InChI=1S/C21H30N2O4/c1-6-21(4,5)16-7-8-18-17(9-16)23(20(25)13-26-18)12-19(24)22-10-14(2)27-15(3)11-22/h7-9,14-15H,6,10-13H2,1-5H3. The molecule has 2 heterocycles. The molecule has 0 saturated carbocycles. The summed E-state index contributed by atoms with van der Waals surface area (Å²) in [5, 5.41) is 0. The van der Waals surface area contributed by atoms with Gasteiger partial charge in [-0.2, -0.15) is 0 Å². The van der Waals surface area contributed by atoms with E-state index in [0.717, 1.165) is 12.0 Å². The van der Waals surface area contributed by atoms with Crippen molar-refractivity contribution in [1.82, 2.24) is 4.90 Å². The van der Waals surface area contributed by atoms with Crippen LogP contribution in [0.2, 0.25) is 0 Å². The molecule has 6 nitrogen and oxygen atoms in total. The number of hydrogen-bond donors (Lipinski definition) is 0. The third kappa shape index (κ3) is 4.10. The van der Waals surface area contributed by atoms with Crippen LogP contribution in [0.15, 0.2) is 18.2 Å². The van der Waals surface area contributed by atoms with Crippen LogP contribution in [0, 0.1) is 0 Å². The second-order valence-electron chi connectivity index (χ2n) is 8.24. The predicted molar refractivity (Wildman–Crippen MR) is 104 cm³/mol.